The van der Waals surface area contributed by atoms with Crippen molar-refractivity contribution in [2.75, 3.05) is 20.3 Å². The maximum absolute atomic E-state index is 6.27. The molecule has 23 heavy (non-hydrogen) atoms. The van der Waals surface area contributed by atoms with Crippen molar-refractivity contribution in [1.82, 2.24) is 10.6 Å². The third kappa shape index (κ3) is 4.22. The smallest absolute Gasteiger partial charge is 0.191 e. The molecule has 6 heteroatoms. The van der Waals surface area contributed by atoms with Gasteiger partial charge in [-0.15, -0.1) is 0 Å². The first kappa shape index (κ1) is 16.2. The second-order valence-corrected chi connectivity index (χ2v) is 6.41. The van der Waals surface area contributed by atoms with Gasteiger partial charge in [-0.25, -0.2) is 0 Å². The molecule has 0 unspecified atom stereocenters. The number of halogens is 1. The summed E-state index contributed by atoms with van der Waals surface area (Å²) < 4.78 is 11.2. The maximum Gasteiger partial charge on any atom is 0.191 e. The van der Waals surface area contributed by atoms with Gasteiger partial charge in [-0.1, -0.05) is 30.9 Å². The molecular formula is C17H24ClN3O2. The molecule has 126 valence electrons. The fourth-order valence-corrected chi connectivity index (χ4v) is 3.37. The van der Waals surface area contributed by atoms with E-state index in [1.165, 1.54) is 32.1 Å². The summed E-state index contributed by atoms with van der Waals surface area (Å²) in [5.41, 5.74) is 1.05. The molecule has 1 aliphatic carbocycles. The highest BCUT2D eigenvalue weighted by Gasteiger charge is 2.17. The Hall–Kier alpha value is -1.62. The topological polar surface area (TPSA) is 54.9 Å². The number of guanidine groups is 1. The summed E-state index contributed by atoms with van der Waals surface area (Å²) in [5.74, 6) is 2.20. The Labute approximate surface area is 142 Å². The summed E-state index contributed by atoms with van der Waals surface area (Å²) in [6.45, 7) is 1.75. The van der Waals surface area contributed by atoms with Gasteiger partial charge < -0.3 is 20.1 Å². The highest BCUT2D eigenvalue weighted by Crippen LogP contribution is 2.38. The van der Waals surface area contributed by atoms with Gasteiger partial charge in [-0.3, -0.25) is 4.99 Å². The van der Waals surface area contributed by atoms with Crippen LogP contribution in [-0.4, -0.2) is 32.3 Å². The van der Waals surface area contributed by atoms with Crippen LogP contribution in [0.2, 0.25) is 5.02 Å². The standard InChI is InChI=1S/C17H24ClN3O2/c1-19-17(21-13-5-3-2-4-6-13)20-11-12-9-14(18)16-15(10-12)22-7-8-23-16/h9-10,13H,2-8,11H2,1H3,(H2,19,20,21). The Morgan fingerprint density at radius 3 is 2.78 bits per heavy atom. The van der Waals surface area contributed by atoms with Crippen LogP contribution in [0.5, 0.6) is 11.5 Å². The van der Waals surface area contributed by atoms with Gasteiger partial charge in [0.15, 0.2) is 17.5 Å². The Balaban J connectivity index is 1.59. The van der Waals surface area contributed by atoms with Crippen molar-refractivity contribution in [3.05, 3.63) is 22.7 Å². The van der Waals surface area contributed by atoms with Gasteiger partial charge >= 0.3 is 0 Å². The molecule has 0 spiro atoms. The number of aliphatic imine (C=N–C) groups is 1. The molecular weight excluding hydrogens is 314 g/mol. The molecule has 1 aliphatic heterocycles. The molecule has 5 nitrogen and oxygen atoms in total. The van der Waals surface area contributed by atoms with E-state index in [-0.39, 0.29) is 0 Å². The van der Waals surface area contributed by atoms with Crippen LogP contribution in [-0.2, 0) is 6.54 Å². The predicted octanol–water partition coefficient (Wildman–Crippen LogP) is 3.11. The largest absolute Gasteiger partial charge is 0.486 e. The molecule has 2 N–H and O–H groups in total. The van der Waals surface area contributed by atoms with Gasteiger partial charge in [0, 0.05) is 19.6 Å². The van der Waals surface area contributed by atoms with E-state index in [1.54, 1.807) is 7.05 Å². The average molecular weight is 338 g/mol. The number of hydrogen-bond acceptors (Lipinski definition) is 3. The molecule has 0 atom stereocenters. The van der Waals surface area contributed by atoms with Crippen molar-refractivity contribution in [3.63, 3.8) is 0 Å². The zero-order chi connectivity index (χ0) is 16.1. The Kier molecular flexibility index (Phi) is 5.49. The van der Waals surface area contributed by atoms with Crippen molar-refractivity contribution >= 4 is 17.6 Å². The molecule has 1 aromatic rings. The lowest BCUT2D eigenvalue weighted by atomic mass is 9.96. The second-order valence-electron chi connectivity index (χ2n) is 6.01. The number of fused-ring (bicyclic) bond motifs is 1. The zero-order valence-corrected chi connectivity index (χ0v) is 14.3. The van der Waals surface area contributed by atoms with Gasteiger partial charge in [0.2, 0.25) is 0 Å². The summed E-state index contributed by atoms with van der Waals surface area (Å²) in [7, 11) is 1.80. The minimum Gasteiger partial charge on any atom is -0.486 e. The summed E-state index contributed by atoms with van der Waals surface area (Å²) in [6, 6.07) is 4.41. The van der Waals surface area contributed by atoms with E-state index in [4.69, 9.17) is 21.1 Å². The number of benzene rings is 1. The molecule has 3 rings (SSSR count). The minimum absolute atomic E-state index is 0.527. The van der Waals surface area contributed by atoms with E-state index in [1.807, 2.05) is 12.1 Å². The number of ether oxygens (including phenoxy) is 2. The normalized spacial score (nSPS) is 18.6. The van der Waals surface area contributed by atoms with E-state index < -0.39 is 0 Å². The van der Waals surface area contributed by atoms with E-state index in [2.05, 4.69) is 15.6 Å². The highest BCUT2D eigenvalue weighted by molar-refractivity contribution is 6.32. The third-order valence-electron chi connectivity index (χ3n) is 4.29. The lowest BCUT2D eigenvalue weighted by Gasteiger charge is -2.25. The maximum atomic E-state index is 6.27. The van der Waals surface area contributed by atoms with Crippen molar-refractivity contribution in [3.8, 4) is 11.5 Å². The van der Waals surface area contributed by atoms with Gasteiger partial charge in [0.1, 0.15) is 13.2 Å². The van der Waals surface area contributed by atoms with Crippen molar-refractivity contribution < 1.29 is 9.47 Å². The van der Waals surface area contributed by atoms with Gasteiger partial charge in [-0.2, -0.15) is 0 Å². The average Bonchev–Trinajstić information content (AvgIpc) is 2.59. The molecule has 1 fully saturated rings. The van der Waals surface area contributed by atoms with Crippen LogP contribution in [0.15, 0.2) is 17.1 Å². The molecule has 1 heterocycles. The van der Waals surface area contributed by atoms with Crippen molar-refractivity contribution in [2.24, 2.45) is 4.99 Å². The number of nitrogens with one attached hydrogen (secondary N) is 2. The summed E-state index contributed by atoms with van der Waals surface area (Å²) >= 11 is 6.27. The summed E-state index contributed by atoms with van der Waals surface area (Å²) in [4.78, 5) is 4.31. The molecule has 0 radical (unpaired) electrons. The van der Waals surface area contributed by atoms with E-state index in [9.17, 15) is 0 Å². The molecule has 1 saturated carbocycles. The minimum atomic E-state index is 0.527. The molecule has 0 aromatic heterocycles. The Bertz CT molecular complexity index is 571. The molecule has 0 saturated heterocycles. The van der Waals surface area contributed by atoms with Crippen LogP contribution in [0, 0.1) is 0 Å². The van der Waals surface area contributed by atoms with Crippen LogP contribution < -0.4 is 20.1 Å². The van der Waals surface area contributed by atoms with Crippen LogP contribution in [0.4, 0.5) is 0 Å². The number of nitrogens with zero attached hydrogens (tertiary/aromatic N) is 1. The van der Waals surface area contributed by atoms with Crippen molar-refractivity contribution in [1.29, 1.82) is 0 Å². The molecule has 0 amide bonds. The lowest BCUT2D eigenvalue weighted by molar-refractivity contribution is 0.171. The quantitative estimate of drug-likeness (QED) is 0.657. The van der Waals surface area contributed by atoms with Crippen LogP contribution in [0.25, 0.3) is 0 Å². The zero-order valence-electron chi connectivity index (χ0n) is 13.5. The fraction of sp³-hybridized carbons (Fsp3) is 0.588. The third-order valence-corrected chi connectivity index (χ3v) is 4.57. The lowest BCUT2D eigenvalue weighted by Crippen LogP contribution is -2.43. The first-order valence-electron chi connectivity index (χ1n) is 8.31. The van der Waals surface area contributed by atoms with Crippen LogP contribution >= 0.6 is 11.6 Å². The van der Waals surface area contributed by atoms with Crippen LogP contribution in [0.1, 0.15) is 37.7 Å². The Morgan fingerprint density at radius 2 is 2.00 bits per heavy atom. The van der Waals surface area contributed by atoms with Gasteiger partial charge in [-0.05, 0) is 30.5 Å². The van der Waals surface area contributed by atoms with E-state index >= 15 is 0 Å². The first-order chi connectivity index (χ1) is 11.3. The second kappa shape index (κ2) is 7.77. The highest BCUT2D eigenvalue weighted by atomic mass is 35.5. The van der Waals surface area contributed by atoms with Gasteiger partial charge in [0.25, 0.3) is 0 Å². The van der Waals surface area contributed by atoms with E-state index in [0.29, 0.717) is 36.6 Å². The van der Waals surface area contributed by atoms with E-state index in [0.717, 1.165) is 17.3 Å². The molecule has 1 aromatic carbocycles. The summed E-state index contributed by atoms with van der Waals surface area (Å²) in [5, 5.41) is 7.45. The molecule has 2 aliphatic rings. The van der Waals surface area contributed by atoms with Gasteiger partial charge in [0.05, 0.1) is 5.02 Å². The SMILES string of the molecule is CN=C(NCc1cc(Cl)c2c(c1)OCCO2)NC1CCCCC1. The van der Waals surface area contributed by atoms with Crippen molar-refractivity contribution in [2.45, 2.75) is 44.7 Å². The number of rotatable bonds is 3. The summed E-state index contributed by atoms with van der Waals surface area (Å²) in [6.07, 6.45) is 6.38. The molecule has 0 bridgehead atoms. The number of hydrogen-bond donors (Lipinski definition) is 2. The fourth-order valence-electron chi connectivity index (χ4n) is 3.09. The predicted molar refractivity (Wildman–Crippen MR) is 92.6 cm³/mol. The van der Waals surface area contributed by atoms with Crippen LogP contribution in [0.3, 0.4) is 0 Å². The first-order valence-corrected chi connectivity index (χ1v) is 8.69. The Morgan fingerprint density at radius 1 is 1.22 bits per heavy atom. The monoisotopic (exact) mass is 337 g/mol.